The third-order valence-electron chi connectivity index (χ3n) is 6.50. The Bertz CT molecular complexity index is 828. The van der Waals surface area contributed by atoms with Crippen molar-refractivity contribution in [1.29, 1.82) is 0 Å². The van der Waals surface area contributed by atoms with Gasteiger partial charge >= 0.3 is 179 Å². The largest absolute Gasteiger partial charge is 0.147 e. The summed E-state index contributed by atoms with van der Waals surface area (Å²) in [6, 6.07) is 23.3. The van der Waals surface area contributed by atoms with Gasteiger partial charge in [0.1, 0.15) is 0 Å². The molecule has 5 heteroatoms. The van der Waals surface area contributed by atoms with Gasteiger partial charge in [-0.3, -0.25) is 0 Å². The van der Waals surface area contributed by atoms with E-state index >= 15 is 0 Å². The van der Waals surface area contributed by atoms with Gasteiger partial charge in [-0.2, -0.15) is 0 Å². The molecule has 0 heterocycles. The second kappa shape index (κ2) is 12.4. The van der Waals surface area contributed by atoms with Crippen LogP contribution >= 0.6 is 24.8 Å². The summed E-state index contributed by atoms with van der Waals surface area (Å²) in [4.78, 5) is 0. The molecule has 0 saturated heterocycles. The average molecular weight is 497 g/mol. The molecule has 0 bridgehead atoms. The molecule has 1 nitrogen and oxygen atoms in total. The molecule has 2 atom stereocenters. The number of allylic oxidation sites excluding steroid dienone is 4. The van der Waals surface area contributed by atoms with Crippen molar-refractivity contribution in [2.45, 2.75) is 54.0 Å². The van der Waals surface area contributed by atoms with Gasteiger partial charge < -0.3 is 0 Å². The molecule has 163 valence electrons. The molecular formula is C25H36Cl2NSiTi. The van der Waals surface area contributed by atoms with Crippen molar-refractivity contribution in [1.82, 2.24) is 3.80 Å². The fourth-order valence-corrected chi connectivity index (χ4v) is 20.7. The molecule has 0 fully saturated rings. The zero-order chi connectivity index (χ0) is 20.3. The molecule has 2 aromatic carbocycles. The number of benzene rings is 2. The predicted molar refractivity (Wildman–Crippen MR) is 137 cm³/mol. The van der Waals surface area contributed by atoms with Gasteiger partial charge in [0.25, 0.3) is 0 Å². The Balaban J connectivity index is 0.00000225. The maximum Gasteiger partial charge on any atom is -0.147 e. The Labute approximate surface area is 203 Å². The van der Waals surface area contributed by atoms with Gasteiger partial charge in [0.05, 0.1) is 0 Å². The van der Waals surface area contributed by atoms with Crippen LogP contribution in [-0.4, -0.2) is 12.7 Å². The molecule has 2 unspecified atom stereocenters. The minimum atomic E-state index is -1.76. The van der Waals surface area contributed by atoms with Crippen LogP contribution in [0.4, 0.5) is 0 Å². The molecule has 2 aromatic rings. The molecule has 1 aliphatic rings. The van der Waals surface area contributed by atoms with Crippen molar-refractivity contribution in [2.75, 3.05) is 0 Å². The van der Waals surface area contributed by atoms with Crippen molar-refractivity contribution in [3.8, 4) is 0 Å². The summed E-state index contributed by atoms with van der Waals surface area (Å²) in [6.07, 6.45) is 1.19. The van der Waals surface area contributed by atoms with Gasteiger partial charge in [-0.1, -0.05) is 0 Å². The van der Waals surface area contributed by atoms with E-state index in [-0.39, 0.29) is 24.8 Å². The fraction of sp³-hybridized carbons (Fsp3) is 0.360. The summed E-state index contributed by atoms with van der Waals surface area (Å²) in [7, 11) is 0. The smallest absolute Gasteiger partial charge is 0.147 e. The molecular weight excluding hydrogens is 461 g/mol. The van der Waals surface area contributed by atoms with Crippen molar-refractivity contribution >= 4 is 41.9 Å². The zero-order valence-electron chi connectivity index (χ0n) is 19.0. The predicted octanol–water partition coefficient (Wildman–Crippen LogP) is 5.55. The normalized spacial score (nSPS) is 17.0. The van der Waals surface area contributed by atoms with Gasteiger partial charge in [-0.15, -0.1) is 24.8 Å². The van der Waals surface area contributed by atoms with E-state index in [9.17, 15) is 0 Å². The van der Waals surface area contributed by atoms with Crippen LogP contribution in [0.25, 0.3) is 0 Å². The van der Waals surface area contributed by atoms with E-state index in [2.05, 4.69) is 106 Å². The van der Waals surface area contributed by atoms with Crippen LogP contribution in [0.15, 0.2) is 81.3 Å². The van der Waals surface area contributed by atoms with Crippen LogP contribution in [0, 0.1) is 5.92 Å². The molecule has 0 spiro atoms. The van der Waals surface area contributed by atoms with Gasteiger partial charge in [-0.25, -0.2) is 0 Å². The first-order valence-corrected chi connectivity index (χ1v) is 16.6. The topological polar surface area (TPSA) is 12.0 Å². The number of halogens is 2. The Morgan fingerprint density at radius 1 is 0.867 bits per heavy atom. The minimum absolute atomic E-state index is 0. The van der Waals surface area contributed by atoms with Crippen LogP contribution in [-0.2, 0) is 17.4 Å². The van der Waals surface area contributed by atoms with Crippen LogP contribution in [0.1, 0.15) is 48.0 Å². The van der Waals surface area contributed by atoms with Gasteiger partial charge in [0.2, 0.25) is 0 Å². The van der Waals surface area contributed by atoms with E-state index in [0.29, 0.717) is 12.0 Å². The molecule has 30 heavy (non-hydrogen) atoms. The van der Waals surface area contributed by atoms with E-state index < -0.39 is 24.0 Å². The Morgan fingerprint density at radius 2 is 1.33 bits per heavy atom. The summed E-state index contributed by atoms with van der Waals surface area (Å²) in [5.74, 6) is 0.592. The average Bonchev–Trinajstić information content (AvgIpc) is 2.92. The summed E-state index contributed by atoms with van der Waals surface area (Å²) < 4.78 is 6.04. The third-order valence-corrected chi connectivity index (χ3v) is 20.4. The molecule has 0 aliphatic heterocycles. The second-order valence-corrected chi connectivity index (χ2v) is 18.1. The maximum absolute atomic E-state index is 4.25. The number of nitrogens with one attached hydrogen (secondary N) is 1. The Kier molecular flexibility index (Phi) is 11.4. The van der Waals surface area contributed by atoms with E-state index in [1.165, 1.54) is 12.0 Å². The Hall–Kier alpha value is -0.609. The van der Waals surface area contributed by atoms with Gasteiger partial charge in [-0.05, 0) is 0 Å². The van der Waals surface area contributed by atoms with Crippen LogP contribution in [0.5, 0.6) is 0 Å². The number of rotatable bonds is 7. The van der Waals surface area contributed by atoms with E-state index in [4.69, 9.17) is 0 Å². The SMILES string of the molecule is CCC(C)[NH][Ti]([C]1=C(C)C(C)=C(C)C1C)[SiH](c1ccccc1)c1ccccc1.Cl.Cl. The summed E-state index contributed by atoms with van der Waals surface area (Å²) in [5, 5.41) is 3.18. The van der Waals surface area contributed by atoms with Crippen molar-refractivity contribution < 1.29 is 17.4 Å². The maximum atomic E-state index is 4.25. The monoisotopic (exact) mass is 496 g/mol. The van der Waals surface area contributed by atoms with Gasteiger partial charge in [0, 0.05) is 0 Å². The molecule has 3 rings (SSSR count). The van der Waals surface area contributed by atoms with Crippen LogP contribution in [0.3, 0.4) is 0 Å². The summed E-state index contributed by atoms with van der Waals surface area (Å²) in [6.45, 7) is 12.8. The summed E-state index contributed by atoms with van der Waals surface area (Å²) >= 11 is -1.76. The minimum Gasteiger partial charge on any atom is -0.147 e. The number of hydrogen-bond acceptors (Lipinski definition) is 1. The quantitative estimate of drug-likeness (QED) is 0.495. The van der Waals surface area contributed by atoms with Gasteiger partial charge in [0.15, 0.2) is 0 Å². The fourth-order valence-electron chi connectivity index (χ4n) is 4.30. The number of hydrogen-bond donors (Lipinski definition) is 1. The first kappa shape index (κ1) is 27.4. The van der Waals surface area contributed by atoms with Crippen molar-refractivity contribution in [3.05, 3.63) is 81.3 Å². The Morgan fingerprint density at radius 3 is 1.70 bits per heavy atom. The molecule has 1 N–H and O–H groups in total. The third kappa shape index (κ3) is 5.79. The van der Waals surface area contributed by atoms with E-state index in [0.717, 1.165) is 0 Å². The van der Waals surface area contributed by atoms with E-state index in [1.54, 1.807) is 25.4 Å². The first-order valence-electron chi connectivity index (χ1n) is 10.6. The molecule has 0 saturated carbocycles. The molecule has 0 amide bonds. The van der Waals surface area contributed by atoms with Crippen molar-refractivity contribution in [3.63, 3.8) is 0 Å². The zero-order valence-corrected chi connectivity index (χ0v) is 23.4. The molecule has 1 aliphatic carbocycles. The second-order valence-electron chi connectivity index (χ2n) is 8.19. The molecule has 0 aromatic heterocycles. The standard InChI is InChI=1S/C12H11Si.C9H13.C4H10N.2ClH.Ti/c1-3-7-11(8-4-1)13-12-9-5-2-6-10-12;1-6-5-7(2)9(4)8(6)3;1-3-4(2)5;;;/h1-10,13H;6H,1-4H3;4-5H,3H2,1-2H3;2*1H;/q;;-1;;;+1. The van der Waals surface area contributed by atoms with E-state index in [1.807, 2.05) is 0 Å². The van der Waals surface area contributed by atoms with Crippen LogP contribution < -0.4 is 14.2 Å². The first-order chi connectivity index (χ1) is 13.5. The summed E-state index contributed by atoms with van der Waals surface area (Å²) in [5.41, 5.74) is 4.70. The molecule has 0 radical (unpaired) electrons. The van der Waals surface area contributed by atoms with Crippen LogP contribution in [0.2, 0.25) is 0 Å². The van der Waals surface area contributed by atoms with Crippen molar-refractivity contribution in [2.24, 2.45) is 5.92 Å².